The highest BCUT2D eigenvalue weighted by Crippen LogP contribution is 2.38. The van der Waals surface area contributed by atoms with Gasteiger partial charge in [0.15, 0.2) is 5.54 Å². The number of carbonyl (C=O) groups is 3. The highest BCUT2D eigenvalue weighted by Gasteiger charge is 2.56. The fraction of sp³-hybridized carbons (Fsp3) is 0.250. The average molecular weight is 353 g/mol. The van der Waals surface area contributed by atoms with Crippen LogP contribution in [-0.4, -0.2) is 39.9 Å². The zero-order chi connectivity index (χ0) is 18.9. The molecule has 0 spiro atoms. The van der Waals surface area contributed by atoms with Crippen LogP contribution in [0.25, 0.3) is 0 Å². The van der Waals surface area contributed by atoms with Crippen LogP contribution < -0.4 is 0 Å². The molecule has 2 aromatic carbocycles. The number of fused-ring (bicyclic) bond motifs is 1. The molecule has 0 aliphatic carbocycles. The molecular weight excluding hydrogens is 334 g/mol. The molecule has 3 rings (SSSR count). The predicted molar refractivity (Wildman–Crippen MR) is 93.4 cm³/mol. The lowest BCUT2D eigenvalue weighted by Gasteiger charge is -2.38. The van der Waals surface area contributed by atoms with E-state index >= 15 is 0 Å². The van der Waals surface area contributed by atoms with Gasteiger partial charge in [0.2, 0.25) is 0 Å². The summed E-state index contributed by atoms with van der Waals surface area (Å²) in [4.78, 5) is 39.4. The van der Waals surface area contributed by atoms with Gasteiger partial charge in [0, 0.05) is 0 Å². The number of esters is 1. The highest BCUT2D eigenvalue weighted by atomic mass is 16.5. The van der Waals surface area contributed by atoms with Gasteiger partial charge in [0.1, 0.15) is 6.10 Å². The maximum Gasteiger partial charge on any atom is 0.335 e. The Balaban J connectivity index is 2.12. The quantitative estimate of drug-likeness (QED) is 0.659. The lowest BCUT2D eigenvalue weighted by atomic mass is 9.87. The maximum atomic E-state index is 12.9. The van der Waals surface area contributed by atoms with E-state index < -0.39 is 29.4 Å². The number of amides is 2. The van der Waals surface area contributed by atoms with Crippen LogP contribution in [0.15, 0.2) is 54.6 Å². The van der Waals surface area contributed by atoms with E-state index in [1.165, 1.54) is 19.1 Å². The lowest BCUT2D eigenvalue weighted by molar-refractivity contribution is -0.161. The number of benzene rings is 2. The summed E-state index contributed by atoms with van der Waals surface area (Å²) in [6, 6.07) is 14.7. The Kier molecular flexibility index (Phi) is 4.61. The summed E-state index contributed by atoms with van der Waals surface area (Å²) in [6.07, 6.45) is -1.44. The van der Waals surface area contributed by atoms with E-state index in [1.807, 2.05) is 0 Å². The van der Waals surface area contributed by atoms with Crippen LogP contribution in [0.1, 0.15) is 46.2 Å². The molecule has 134 valence electrons. The second-order valence-corrected chi connectivity index (χ2v) is 6.17. The minimum Gasteiger partial charge on any atom is -0.464 e. The molecule has 1 heterocycles. The topological polar surface area (TPSA) is 83.9 Å². The molecule has 0 radical (unpaired) electrons. The van der Waals surface area contributed by atoms with Gasteiger partial charge in [0.25, 0.3) is 11.8 Å². The average Bonchev–Trinajstić information content (AvgIpc) is 2.93. The number of carbonyl (C=O) groups excluding carboxylic acids is 3. The summed E-state index contributed by atoms with van der Waals surface area (Å²) in [6.45, 7) is 3.03. The van der Waals surface area contributed by atoms with Gasteiger partial charge in [-0.15, -0.1) is 0 Å². The Hall–Kier alpha value is -2.99. The molecule has 0 saturated carbocycles. The molecule has 2 aromatic rings. The first kappa shape index (κ1) is 17.8. The van der Waals surface area contributed by atoms with Gasteiger partial charge in [-0.3, -0.25) is 14.5 Å². The number of hydrogen-bond donors (Lipinski definition) is 1. The number of nitrogens with zero attached hydrogens (tertiary/aromatic N) is 1. The van der Waals surface area contributed by atoms with Gasteiger partial charge in [-0.05, 0) is 31.5 Å². The fourth-order valence-electron chi connectivity index (χ4n) is 3.17. The Morgan fingerprint density at radius 3 is 2.04 bits per heavy atom. The minimum absolute atomic E-state index is 0.0547. The van der Waals surface area contributed by atoms with Crippen molar-refractivity contribution in [2.75, 3.05) is 6.61 Å². The van der Waals surface area contributed by atoms with Crippen molar-refractivity contribution < 1.29 is 24.2 Å². The van der Waals surface area contributed by atoms with E-state index in [2.05, 4.69) is 0 Å². The Morgan fingerprint density at radius 2 is 1.54 bits per heavy atom. The van der Waals surface area contributed by atoms with Crippen LogP contribution in [0.3, 0.4) is 0 Å². The normalized spacial score (nSPS) is 16.8. The zero-order valence-corrected chi connectivity index (χ0v) is 14.5. The molecular formula is C20H19NO5. The smallest absolute Gasteiger partial charge is 0.335 e. The van der Waals surface area contributed by atoms with Gasteiger partial charge in [-0.1, -0.05) is 42.5 Å². The fourth-order valence-corrected chi connectivity index (χ4v) is 3.17. The van der Waals surface area contributed by atoms with Crippen molar-refractivity contribution in [3.63, 3.8) is 0 Å². The van der Waals surface area contributed by atoms with E-state index in [4.69, 9.17) is 4.74 Å². The van der Waals surface area contributed by atoms with E-state index in [1.54, 1.807) is 49.4 Å². The number of imide groups is 1. The standard InChI is InChI=1S/C20H19NO5/c1-3-26-19(25)20(2,16(22)13-9-5-4-6-10-13)21-17(23)14-11-7-8-12-15(14)18(21)24/h4-12,16,22H,3H2,1-2H3. The van der Waals surface area contributed by atoms with Crippen LogP contribution in [0.5, 0.6) is 0 Å². The second kappa shape index (κ2) is 6.72. The van der Waals surface area contributed by atoms with Crippen molar-refractivity contribution in [1.82, 2.24) is 4.90 Å². The van der Waals surface area contributed by atoms with Crippen LogP contribution in [0, 0.1) is 0 Å². The molecule has 2 amide bonds. The first-order valence-electron chi connectivity index (χ1n) is 8.31. The Labute approximate surface area is 151 Å². The van der Waals surface area contributed by atoms with Crippen LogP contribution in [0.2, 0.25) is 0 Å². The van der Waals surface area contributed by atoms with E-state index in [-0.39, 0.29) is 17.7 Å². The highest BCUT2D eigenvalue weighted by molar-refractivity contribution is 6.23. The first-order chi connectivity index (χ1) is 12.4. The summed E-state index contributed by atoms with van der Waals surface area (Å²) in [5, 5.41) is 11.0. The third-order valence-electron chi connectivity index (χ3n) is 4.60. The molecule has 0 fully saturated rings. The molecule has 0 aromatic heterocycles. The zero-order valence-electron chi connectivity index (χ0n) is 14.5. The molecule has 1 N–H and O–H groups in total. The van der Waals surface area contributed by atoms with Crippen molar-refractivity contribution >= 4 is 17.8 Å². The van der Waals surface area contributed by atoms with Crippen LogP contribution >= 0.6 is 0 Å². The van der Waals surface area contributed by atoms with Crippen molar-refractivity contribution in [1.29, 1.82) is 0 Å². The first-order valence-corrected chi connectivity index (χ1v) is 8.31. The van der Waals surface area contributed by atoms with E-state index in [9.17, 15) is 19.5 Å². The van der Waals surface area contributed by atoms with Crippen molar-refractivity contribution in [2.24, 2.45) is 0 Å². The molecule has 1 aliphatic rings. The van der Waals surface area contributed by atoms with Crippen molar-refractivity contribution in [2.45, 2.75) is 25.5 Å². The summed E-state index contributed by atoms with van der Waals surface area (Å²) in [5.74, 6) is -2.10. The minimum atomic E-state index is -1.90. The van der Waals surface area contributed by atoms with Crippen molar-refractivity contribution in [3.05, 3.63) is 71.3 Å². The predicted octanol–water partition coefficient (Wildman–Crippen LogP) is 2.34. The number of ether oxygens (including phenoxy) is 1. The Bertz CT molecular complexity index is 829. The van der Waals surface area contributed by atoms with Gasteiger partial charge < -0.3 is 9.84 Å². The molecule has 0 bridgehead atoms. The Morgan fingerprint density at radius 1 is 1.04 bits per heavy atom. The molecule has 2 unspecified atom stereocenters. The van der Waals surface area contributed by atoms with E-state index in [0.717, 1.165) is 4.90 Å². The summed E-state index contributed by atoms with van der Waals surface area (Å²) in [7, 11) is 0. The summed E-state index contributed by atoms with van der Waals surface area (Å²) < 4.78 is 5.11. The summed E-state index contributed by atoms with van der Waals surface area (Å²) in [5.41, 5.74) is -1.09. The molecule has 6 nitrogen and oxygen atoms in total. The van der Waals surface area contributed by atoms with Gasteiger partial charge in [-0.2, -0.15) is 0 Å². The number of hydrogen-bond acceptors (Lipinski definition) is 5. The molecule has 26 heavy (non-hydrogen) atoms. The molecule has 6 heteroatoms. The van der Waals surface area contributed by atoms with Gasteiger partial charge >= 0.3 is 5.97 Å². The van der Waals surface area contributed by atoms with E-state index in [0.29, 0.717) is 5.56 Å². The maximum absolute atomic E-state index is 12.9. The lowest BCUT2D eigenvalue weighted by Crippen LogP contribution is -2.59. The molecule has 0 saturated heterocycles. The van der Waals surface area contributed by atoms with Gasteiger partial charge in [0.05, 0.1) is 17.7 Å². The third-order valence-corrected chi connectivity index (χ3v) is 4.60. The van der Waals surface area contributed by atoms with Crippen molar-refractivity contribution in [3.8, 4) is 0 Å². The third kappa shape index (κ3) is 2.59. The van der Waals surface area contributed by atoms with Gasteiger partial charge in [-0.25, -0.2) is 4.79 Å². The molecule has 1 aliphatic heterocycles. The number of aliphatic hydroxyl groups excluding tert-OH is 1. The second-order valence-electron chi connectivity index (χ2n) is 6.17. The number of rotatable bonds is 5. The van der Waals surface area contributed by atoms with Crippen LogP contribution in [0.4, 0.5) is 0 Å². The molecule has 2 atom stereocenters. The largest absolute Gasteiger partial charge is 0.464 e. The summed E-state index contributed by atoms with van der Waals surface area (Å²) >= 11 is 0. The number of aliphatic hydroxyl groups is 1. The SMILES string of the molecule is CCOC(=O)C(C)(C(O)c1ccccc1)N1C(=O)c2ccccc2C1=O. The monoisotopic (exact) mass is 353 g/mol. The van der Waals surface area contributed by atoms with Crippen LogP contribution in [-0.2, 0) is 9.53 Å².